The summed E-state index contributed by atoms with van der Waals surface area (Å²) in [5.74, 6) is -1.87. The van der Waals surface area contributed by atoms with E-state index in [1.165, 1.54) is 11.1 Å². The van der Waals surface area contributed by atoms with E-state index in [-0.39, 0.29) is 11.6 Å². The van der Waals surface area contributed by atoms with Crippen LogP contribution in [0.4, 0.5) is 5.69 Å². The number of fused-ring (bicyclic) bond motifs is 1. The smallest absolute Gasteiger partial charge is 0.323 e. The Hall–Kier alpha value is -2.83. The highest BCUT2D eigenvalue weighted by Crippen LogP contribution is 2.35. The number of nitrogens with one attached hydrogen (secondary N) is 2. The number of carboxylic acids is 1. The zero-order chi connectivity index (χ0) is 15.0. The summed E-state index contributed by atoms with van der Waals surface area (Å²) >= 11 is 0. The molecule has 0 aliphatic carbocycles. The number of H-pyrrole nitrogens is 2. The van der Waals surface area contributed by atoms with Crippen molar-refractivity contribution < 1.29 is 14.7 Å². The minimum atomic E-state index is -0.899. The lowest BCUT2D eigenvalue weighted by Crippen LogP contribution is -2.38. The van der Waals surface area contributed by atoms with Gasteiger partial charge in [0.1, 0.15) is 5.69 Å². The third kappa shape index (κ3) is 2.22. The molecule has 3 rings (SSSR count). The third-order valence-electron chi connectivity index (χ3n) is 3.61. The quantitative estimate of drug-likeness (QED) is 0.763. The Bertz CT molecular complexity index is 761. The van der Waals surface area contributed by atoms with Crippen LogP contribution in [-0.2, 0) is 4.79 Å². The molecule has 1 aromatic heterocycles. The maximum Gasteiger partial charge on any atom is 0.323 e. The number of benzene rings is 1. The molecule has 0 spiro atoms. The van der Waals surface area contributed by atoms with Gasteiger partial charge in [-0.1, -0.05) is 18.2 Å². The fraction of sp³-hybridized carbons (Fsp3) is 0.214. The molecule has 2 aromatic rings. The van der Waals surface area contributed by atoms with Gasteiger partial charge in [0.25, 0.3) is 5.91 Å². The number of para-hydroxylation sites is 1. The van der Waals surface area contributed by atoms with Crippen molar-refractivity contribution in [2.24, 2.45) is 0 Å². The van der Waals surface area contributed by atoms with Gasteiger partial charge in [-0.3, -0.25) is 9.59 Å². The van der Waals surface area contributed by atoms with Gasteiger partial charge in [-0.25, -0.2) is 4.79 Å². The lowest BCUT2D eigenvalue weighted by atomic mass is 9.90. The standard InChI is InChI=1S/C14H13N3O4/c18-12(10-7-15-14(21)16-10)17-6-5-9(13(19)20)8-3-1-2-4-11(8)17/h1-4,7,9H,5-6H2,(H,19,20)(H2,15,16,21). The van der Waals surface area contributed by atoms with Crippen LogP contribution in [0.3, 0.4) is 0 Å². The van der Waals surface area contributed by atoms with Gasteiger partial charge in [0.05, 0.1) is 5.92 Å². The molecule has 0 radical (unpaired) electrons. The number of carbonyl (C=O) groups excluding carboxylic acids is 1. The van der Waals surface area contributed by atoms with E-state index >= 15 is 0 Å². The van der Waals surface area contributed by atoms with Crippen LogP contribution in [0.25, 0.3) is 0 Å². The number of aliphatic carboxylic acids is 1. The van der Waals surface area contributed by atoms with E-state index in [0.717, 1.165) is 0 Å². The maximum absolute atomic E-state index is 12.4. The van der Waals surface area contributed by atoms with E-state index in [9.17, 15) is 19.5 Å². The fourth-order valence-electron chi connectivity index (χ4n) is 2.62. The average molecular weight is 287 g/mol. The summed E-state index contributed by atoms with van der Waals surface area (Å²) in [6.45, 7) is 0.292. The van der Waals surface area contributed by atoms with Gasteiger partial charge in [0, 0.05) is 18.4 Å². The Morgan fingerprint density at radius 3 is 2.71 bits per heavy atom. The van der Waals surface area contributed by atoms with Crippen LogP contribution in [0.2, 0.25) is 0 Å². The second-order valence-electron chi connectivity index (χ2n) is 4.85. The summed E-state index contributed by atoms with van der Waals surface area (Å²) in [5, 5.41) is 9.27. The number of anilines is 1. The van der Waals surface area contributed by atoms with Crippen LogP contribution in [0.1, 0.15) is 28.4 Å². The third-order valence-corrected chi connectivity index (χ3v) is 3.61. The predicted octanol–water partition coefficient (Wildman–Crippen LogP) is 0.922. The zero-order valence-corrected chi connectivity index (χ0v) is 11.0. The topological polar surface area (TPSA) is 106 Å². The monoisotopic (exact) mass is 287 g/mol. The second kappa shape index (κ2) is 4.93. The van der Waals surface area contributed by atoms with Gasteiger partial charge < -0.3 is 20.0 Å². The first kappa shape index (κ1) is 13.2. The van der Waals surface area contributed by atoms with Crippen molar-refractivity contribution in [2.75, 3.05) is 11.4 Å². The van der Waals surface area contributed by atoms with Crippen molar-refractivity contribution in [3.8, 4) is 0 Å². The van der Waals surface area contributed by atoms with E-state index in [1.807, 2.05) is 0 Å². The van der Waals surface area contributed by atoms with E-state index < -0.39 is 17.6 Å². The number of aromatic amines is 2. The molecule has 0 saturated carbocycles. The number of rotatable bonds is 2. The van der Waals surface area contributed by atoms with Crippen molar-refractivity contribution in [3.05, 3.63) is 52.2 Å². The summed E-state index contributed by atoms with van der Waals surface area (Å²) in [7, 11) is 0. The maximum atomic E-state index is 12.4. The Kier molecular flexibility index (Phi) is 3.09. The molecular formula is C14H13N3O4. The highest BCUT2D eigenvalue weighted by atomic mass is 16.4. The highest BCUT2D eigenvalue weighted by Gasteiger charge is 2.33. The number of amides is 1. The number of imidazole rings is 1. The summed E-state index contributed by atoms with van der Waals surface area (Å²) in [6.07, 6.45) is 1.66. The number of hydrogen-bond donors (Lipinski definition) is 3. The number of aromatic nitrogens is 2. The van der Waals surface area contributed by atoms with Crippen LogP contribution in [0, 0.1) is 0 Å². The summed E-state index contributed by atoms with van der Waals surface area (Å²) in [6, 6.07) is 6.94. The summed E-state index contributed by atoms with van der Waals surface area (Å²) < 4.78 is 0. The lowest BCUT2D eigenvalue weighted by molar-refractivity contribution is -0.139. The first-order chi connectivity index (χ1) is 10.1. The van der Waals surface area contributed by atoms with Crippen LogP contribution in [-0.4, -0.2) is 33.5 Å². The van der Waals surface area contributed by atoms with Crippen molar-refractivity contribution in [3.63, 3.8) is 0 Å². The Morgan fingerprint density at radius 1 is 1.29 bits per heavy atom. The number of carboxylic acid groups (broad SMARTS) is 1. The van der Waals surface area contributed by atoms with E-state index in [2.05, 4.69) is 9.97 Å². The number of nitrogens with zero attached hydrogens (tertiary/aromatic N) is 1. The normalized spacial score (nSPS) is 17.3. The molecule has 1 amide bonds. The number of carbonyl (C=O) groups is 2. The highest BCUT2D eigenvalue weighted by molar-refractivity contribution is 6.06. The van der Waals surface area contributed by atoms with Crippen LogP contribution < -0.4 is 10.6 Å². The van der Waals surface area contributed by atoms with Crippen molar-refractivity contribution in [1.29, 1.82) is 0 Å². The Balaban J connectivity index is 2.01. The molecule has 1 unspecified atom stereocenters. The van der Waals surface area contributed by atoms with Gasteiger partial charge in [-0.15, -0.1) is 0 Å². The molecule has 7 nitrogen and oxygen atoms in total. The van der Waals surface area contributed by atoms with Gasteiger partial charge >= 0.3 is 11.7 Å². The van der Waals surface area contributed by atoms with E-state index in [0.29, 0.717) is 24.2 Å². The molecule has 21 heavy (non-hydrogen) atoms. The first-order valence-corrected chi connectivity index (χ1v) is 6.49. The molecule has 3 N–H and O–H groups in total. The molecule has 0 bridgehead atoms. The van der Waals surface area contributed by atoms with Crippen molar-refractivity contribution >= 4 is 17.6 Å². The zero-order valence-electron chi connectivity index (χ0n) is 11.0. The summed E-state index contributed by atoms with van der Waals surface area (Å²) in [4.78, 5) is 41.2. The van der Waals surface area contributed by atoms with Gasteiger partial charge in [0.2, 0.25) is 0 Å². The Labute approximate surface area is 119 Å². The van der Waals surface area contributed by atoms with Crippen LogP contribution in [0.5, 0.6) is 0 Å². The molecule has 1 aliphatic heterocycles. The van der Waals surface area contributed by atoms with Crippen molar-refractivity contribution in [1.82, 2.24) is 9.97 Å². The van der Waals surface area contributed by atoms with Gasteiger partial charge in [-0.2, -0.15) is 0 Å². The van der Waals surface area contributed by atoms with Crippen molar-refractivity contribution in [2.45, 2.75) is 12.3 Å². The van der Waals surface area contributed by atoms with Crippen LogP contribution in [0.15, 0.2) is 35.3 Å². The van der Waals surface area contributed by atoms with Gasteiger partial charge in [0.15, 0.2) is 0 Å². The molecular weight excluding hydrogens is 274 g/mol. The molecule has 1 aromatic carbocycles. The minimum absolute atomic E-state index is 0.156. The van der Waals surface area contributed by atoms with Gasteiger partial charge in [-0.05, 0) is 18.1 Å². The predicted molar refractivity (Wildman–Crippen MR) is 74.5 cm³/mol. The second-order valence-corrected chi connectivity index (χ2v) is 4.85. The fourth-order valence-corrected chi connectivity index (χ4v) is 2.62. The first-order valence-electron chi connectivity index (χ1n) is 6.49. The van der Waals surface area contributed by atoms with E-state index in [4.69, 9.17) is 0 Å². The molecule has 1 atom stereocenters. The number of hydrogen-bond acceptors (Lipinski definition) is 3. The Morgan fingerprint density at radius 2 is 2.05 bits per heavy atom. The molecule has 1 aliphatic rings. The molecule has 0 fully saturated rings. The summed E-state index contributed by atoms with van der Waals surface area (Å²) in [5.41, 5.74) is 0.890. The van der Waals surface area contributed by atoms with Crippen LogP contribution >= 0.6 is 0 Å². The largest absolute Gasteiger partial charge is 0.481 e. The molecule has 2 heterocycles. The SMILES string of the molecule is O=C(O)C1CCN(C(=O)c2c[nH]c(=O)[nH]2)c2ccccc21. The molecule has 108 valence electrons. The molecule has 0 saturated heterocycles. The van der Waals surface area contributed by atoms with E-state index in [1.54, 1.807) is 24.3 Å². The average Bonchev–Trinajstić information content (AvgIpc) is 2.91. The minimum Gasteiger partial charge on any atom is -0.481 e. The molecule has 7 heteroatoms. The lowest BCUT2D eigenvalue weighted by Gasteiger charge is -2.32.